The Bertz CT molecular complexity index is 800. The molecule has 0 fully saturated rings. The Hall–Kier alpha value is -2.46. The van der Waals surface area contributed by atoms with Crippen LogP contribution in [0.2, 0.25) is 0 Å². The molecule has 0 radical (unpaired) electrons. The van der Waals surface area contributed by atoms with Gasteiger partial charge in [-0.2, -0.15) is 0 Å². The third-order valence-electron chi connectivity index (χ3n) is 3.47. The fraction of sp³-hybridized carbons (Fsp3) is 0.111. The van der Waals surface area contributed by atoms with E-state index in [1.165, 1.54) is 17.1 Å². The van der Waals surface area contributed by atoms with Crippen molar-refractivity contribution < 1.29 is 4.42 Å². The van der Waals surface area contributed by atoms with Crippen LogP contribution in [0.15, 0.2) is 64.6 Å². The fourth-order valence-corrected chi connectivity index (χ4v) is 2.81. The van der Waals surface area contributed by atoms with Gasteiger partial charge in [-0.25, -0.2) is 0 Å². The van der Waals surface area contributed by atoms with E-state index < -0.39 is 0 Å². The Labute approximate surface area is 133 Å². The fourth-order valence-electron chi connectivity index (χ4n) is 2.36. The van der Waals surface area contributed by atoms with Crippen LogP contribution in [0.25, 0.3) is 22.5 Å². The first-order valence-electron chi connectivity index (χ1n) is 7.05. The highest BCUT2D eigenvalue weighted by Crippen LogP contribution is 2.29. The van der Waals surface area contributed by atoms with Gasteiger partial charge in [-0.05, 0) is 54.7 Å². The molecule has 0 aliphatic carbocycles. The van der Waals surface area contributed by atoms with E-state index in [1.807, 2.05) is 36.6 Å². The second-order valence-corrected chi connectivity index (χ2v) is 5.50. The minimum Gasteiger partial charge on any atom is -0.464 e. The summed E-state index contributed by atoms with van der Waals surface area (Å²) in [7, 11) is 0. The first-order valence-corrected chi connectivity index (χ1v) is 7.88. The zero-order chi connectivity index (χ0) is 15.4. The Kier molecular flexibility index (Phi) is 4.30. The average molecular weight is 308 g/mol. The van der Waals surface area contributed by atoms with Crippen LogP contribution in [-0.2, 0) is 0 Å². The quantitative estimate of drug-likeness (QED) is 0.613. The number of hydrogen-bond acceptors (Lipinski definition) is 4. The van der Waals surface area contributed by atoms with Gasteiger partial charge in [-0.1, -0.05) is 34.8 Å². The Morgan fingerprint density at radius 2 is 2.14 bits per heavy atom. The number of nitrogens with zero attached hydrogens (tertiary/aromatic N) is 2. The lowest BCUT2D eigenvalue weighted by molar-refractivity contribution is 0.582. The lowest BCUT2D eigenvalue weighted by Crippen LogP contribution is -1.89. The predicted octanol–water partition coefficient (Wildman–Crippen LogP) is 5.30. The zero-order valence-electron chi connectivity index (χ0n) is 12.5. The van der Waals surface area contributed by atoms with Gasteiger partial charge in [0.25, 0.3) is 0 Å². The van der Waals surface area contributed by atoms with Crippen LogP contribution >= 0.6 is 11.5 Å². The van der Waals surface area contributed by atoms with Gasteiger partial charge >= 0.3 is 0 Å². The first-order chi connectivity index (χ1) is 10.8. The van der Waals surface area contributed by atoms with Crippen LogP contribution in [0.4, 0.5) is 0 Å². The van der Waals surface area contributed by atoms with Crippen LogP contribution in [0.5, 0.6) is 0 Å². The normalized spacial score (nSPS) is 12.6. The van der Waals surface area contributed by atoms with Gasteiger partial charge in [-0.15, -0.1) is 5.10 Å². The lowest BCUT2D eigenvalue weighted by atomic mass is 9.97. The second kappa shape index (κ2) is 6.54. The average Bonchev–Trinajstić information content (AvgIpc) is 3.25. The molecular weight excluding hydrogens is 292 g/mol. The maximum Gasteiger partial charge on any atom is 0.133 e. The van der Waals surface area contributed by atoms with Crippen molar-refractivity contribution in [1.29, 1.82) is 0 Å². The number of allylic oxidation sites excluding steroid dienone is 4. The molecule has 3 rings (SSSR count). The van der Waals surface area contributed by atoms with Crippen LogP contribution in [0.3, 0.4) is 0 Å². The zero-order valence-corrected chi connectivity index (χ0v) is 13.3. The van der Waals surface area contributed by atoms with Crippen molar-refractivity contribution in [3.8, 4) is 11.3 Å². The van der Waals surface area contributed by atoms with Gasteiger partial charge in [0, 0.05) is 16.5 Å². The lowest BCUT2D eigenvalue weighted by Gasteiger charge is -2.08. The van der Waals surface area contributed by atoms with Gasteiger partial charge in [0.2, 0.25) is 0 Å². The molecular formula is C18H16N2OS. The standard InChI is InChI=1S/C18H16N2OS/c1-3-6-16(17-12-22-20-19-17)13(2)14-7-4-8-15(11-14)18-9-5-10-21-18/h3-12H,1-2H3. The molecule has 4 heteroatoms. The van der Waals surface area contributed by atoms with Crippen LogP contribution in [-0.4, -0.2) is 9.59 Å². The molecule has 0 N–H and O–H groups in total. The summed E-state index contributed by atoms with van der Waals surface area (Å²) in [5, 5.41) is 6.16. The number of benzene rings is 1. The summed E-state index contributed by atoms with van der Waals surface area (Å²) in [6.45, 7) is 4.11. The van der Waals surface area contributed by atoms with Crippen molar-refractivity contribution in [1.82, 2.24) is 9.59 Å². The van der Waals surface area contributed by atoms with Crippen LogP contribution in [0.1, 0.15) is 25.1 Å². The SMILES string of the molecule is CC=CC(=C(C)c1cccc(-c2ccco2)c1)c1csnn1. The van der Waals surface area contributed by atoms with Gasteiger partial charge in [-0.3, -0.25) is 0 Å². The van der Waals surface area contributed by atoms with E-state index in [9.17, 15) is 0 Å². The molecule has 0 aliphatic rings. The number of hydrogen-bond donors (Lipinski definition) is 0. The van der Waals surface area contributed by atoms with Crippen molar-refractivity contribution in [3.63, 3.8) is 0 Å². The van der Waals surface area contributed by atoms with Crippen molar-refractivity contribution in [3.05, 3.63) is 71.5 Å². The molecule has 2 aromatic heterocycles. The summed E-state index contributed by atoms with van der Waals surface area (Å²) in [5.74, 6) is 0.873. The highest BCUT2D eigenvalue weighted by atomic mass is 32.1. The molecule has 0 aliphatic heterocycles. The third-order valence-corrected chi connectivity index (χ3v) is 3.98. The van der Waals surface area contributed by atoms with E-state index in [0.717, 1.165) is 28.2 Å². The van der Waals surface area contributed by atoms with Crippen molar-refractivity contribution in [2.45, 2.75) is 13.8 Å². The molecule has 0 unspecified atom stereocenters. The number of rotatable bonds is 4. The van der Waals surface area contributed by atoms with E-state index in [4.69, 9.17) is 4.42 Å². The Morgan fingerprint density at radius 3 is 2.82 bits per heavy atom. The Balaban J connectivity index is 2.09. The molecule has 0 bridgehead atoms. The minimum absolute atomic E-state index is 0.873. The molecule has 0 spiro atoms. The van der Waals surface area contributed by atoms with Crippen molar-refractivity contribution in [2.75, 3.05) is 0 Å². The molecule has 0 atom stereocenters. The largest absolute Gasteiger partial charge is 0.464 e. The molecule has 1 aromatic carbocycles. The van der Waals surface area contributed by atoms with Gasteiger partial charge in [0.1, 0.15) is 11.5 Å². The van der Waals surface area contributed by atoms with E-state index in [2.05, 4.69) is 40.8 Å². The van der Waals surface area contributed by atoms with E-state index >= 15 is 0 Å². The number of furan rings is 1. The summed E-state index contributed by atoms with van der Waals surface area (Å²) in [5.41, 5.74) is 5.38. The summed E-state index contributed by atoms with van der Waals surface area (Å²) in [4.78, 5) is 0. The highest BCUT2D eigenvalue weighted by molar-refractivity contribution is 7.03. The van der Waals surface area contributed by atoms with Crippen molar-refractivity contribution >= 4 is 22.7 Å². The molecule has 0 saturated heterocycles. The summed E-state index contributed by atoms with van der Waals surface area (Å²) >= 11 is 1.36. The third kappa shape index (κ3) is 2.92. The molecule has 0 amide bonds. The molecule has 0 saturated carbocycles. The molecule has 22 heavy (non-hydrogen) atoms. The predicted molar refractivity (Wildman–Crippen MR) is 91.4 cm³/mol. The van der Waals surface area contributed by atoms with E-state index in [0.29, 0.717) is 0 Å². The first kappa shape index (κ1) is 14.5. The summed E-state index contributed by atoms with van der Waals surface area (Å²) < 4.78 is 9.45. The van der Waals surface area contributed by atoms with Crippen LogP contribution in [0, 0.1) is 0 Å². The smallest absolute Gasteiger partial charge is 0.133 e. The topological polar surface area (TPSA) is 38.9 Å². The summed E-state index contributed by atoms with van der Waals surface area (Å²) in [6, 6.07) is 12.2. The van der Waals surface area contributed by atoms with Crippen LogP contribution < -0.4 is 0 Å². The van der Waals surface area contributed by atoms with E-state index in [-0.39, 0.29) is 0 Å². The Morgan fingerprint density at radius 1 is 1.23 bits per heavy atom. The maximum atomic E-state index is 5.48. The van der Waals surface area contributed by atoms with Crippen molar-refractivity contribution in [2.24, 2.45) is 0 Å². The molecule has 2 heterocycles. The van der Waals surface area contributed by atoms with E-state index in [1.54, 1.807) is 6.26 Å². The minimum atomic E-state index is 0.873. The maximum absolute atomic E-state index is 5.48. The molecule has 3 aromatic rings. The second-order valence-electron chi connectivity index (χ2n) is 4.89. The molecule has 3 nitrogen and oxygen atoms in total. The summed E-state index contributed by atoms with van der Waals surface area (Å²) in [6.07, 6.45) is 5.79. The number of aromatic nitrogens is 2. The van der Waals surface area contributed by atoms with Gasteiger partial charge < -0.3 is 4.42 Å². The van der Waals surface area contributed by atoms with Gasteiger partial charge in [0.05, 0.1) is 6.26 Å². The monoisotopic (exact) mass is 308 g/mol. The molecule has 110 valence electrons. The highest BCUT2D eigenvalue weighted by Gasteiger charge is 2.09. The van der Waals surface area contributed by atoms with Gasteiger partial charge in [0.15, 0.2) is 0 Å².